The van der Waals surface area contributed by atoms with E-state index in [-0.39, 0.29) is 18.1 Å². The molecule has 1 saturated heterocycles. The van der Waals surface area contributed by atoms with E-state index < -0.39 is 6.09 Å². The third-order valence-electron chi connectivity index (χ3n) is 5.68. The van der Waals surface area contributed by atoms with Gasteiger partial charge in [0.15, 0.2) is 0 Å². The van der Waals surface area contributed by atoms with Crippen LogP contribution in [0.2, 0.25) is 0 Å². The number of rotatable bonds is 8. The molecule has 2 heterocycles. The van der Waals surface area contributed by atoms with E-state index in [4.69, 9.17) is 4.74 Å². The summed E-state index contributed by atoms with van der Waals surface area (Å²) in [5.74, 6) is 0.186. The van der Waals surface area contributed by atoms with Gasteiger partial charge in [0, 0.05) is 44.6 Å². The van der Waals surface area contributed by atoms with Gasteiger partial charge in [0.05, 0.1) is 0 Å². The van der Waals surface area contributed by atoms with Gasteiger partial charge in [-0.15, -0.1) is 0 Å². The van der Waals surface area contributed by atoms with Crippen molar-refractivity contribution in [3.8, 4) is 0 Å². The summed E-state index contributed by atoms with van der Waals surface area (Å²) in [5.41, 5.74) is 1.77. The molecule has 1 N–H and O–H groups in total. The molecule has 1 aliphatic rings. The zero-order valence-corrected chi connectivity index (χ0v) is 18.6. The molecule has 1 amide bonds. The first-order chi connectivity index (χ1) is 16.2. The van der Waals surface area contributed by atoms with Gasteiger partial charge >= 0.3 is 11.8 Å². The van der Waals surface area contributed by atoms with Crippen molar-refractivity contribution < 1.29 is 9.53 Å². The second-order valence-electron chi connectivity index (χ2n) is 7.99. The Kier molecular flexibility index (Phi) is 7.71. The lowest BCUT2D eigenvalue weighted by Gasteiger charge is -2.36. The summed E-state index contributed by atoms with van der Waals surface area (Å²) < 4.78 is 6.73. The molecule has 0 saturated carbocycles. The Labute approximate surface area is 193 Å². The molecule has 2 aromatic carbocycles. The largest absolute Gasteiger partial charge is 0.444 e. The van der Waals surface area contributed by atoms with Crippen LogP contribution >= 0.6 is 0 Å². The number of ether oxygens (including phenoxy) is 1. The van der Waals surface area contributed by atoms with Crippen LogP contribution in [0.4, 0.5) is 16.3 Å². The maximum atomic E-state index is 12.3. The topological polar surface area (TPSA) is 79.7 Å². The number of para-hydroxylation sites is 1. The number of benzene rings is 2. The average Bonchev–Trinajstić information content (AvgIpc) is 2.86. The number of carbonyl (C=O) groups excluding carboxylic acids is 1. The summed E-state index contributed by atoms with van der Waals surface area (Å²) in [6.45, 7) is 5.71. The maximum absolute atomic E-state index is 12.3. The average molecular weight is 448 g/mol. The second kappa shape index (κ2) is 11.3. The van der Waals surface area contributed by atoms with Crippen molar-refractivity contribution in [3.05, 3.63) is 89.0 Å². The molecule has 3 aromatic rings. The van der Waals surface area contributed by atoms with Gasteiger partial charge in [0.1, 0.15) is 12.4 Å². The molecule has 8 heteroatoms. The second-order valence-corrected chi connectivity index (χ2v) is 7.99. The number of aryl methyl sites for hydroxylation is 1. The predicted molar refractivity (Wildman–Crippen MR) is 128 cm³/mol. The maximum Gasteiger partial charge on any atom is 0.413 e. The quantitative estimate of drug-likeness (QED) is 0.571. The summed E-state index contributed by atoms with van der Waals surface area (Å²) in [6, 6.07) is 21.5. The van der Waals surface area contributed by atoms with Gasteiger partial charge in [-0.3, -0.25) is 14.8 Å². The van der Waals surface area contributed by atoms with Crippen LogP contribution in [-0.4, -0.2) is 53.3 Å². The smallest absolute Gasteiger partial charge is 0.413 e. The SMILES string of the molecule is O=C(Nc1ccn(CCCN2CCN(c3ccccc3)CC2)c(=O)n1)OCc1ccccc1. The Bertz CT molecular complexity index is 1080. The first-order valence-corrected chi connectivity index (χ1v) is 11.2. The molecular weight excluding hydrogens is 418 g/mol. The van der Waals surface area contributed by atoms with Crippen molar-refractivity contribution in [2.24, 2.45) is 0 Å². The number of piperazine rings is 1. The van der Waals surface area contributed by atoms with Gasteiger partial charge in [0.25, 0.3) is 0 Å². The van der Waals surface area contributed by atoms with E-state index in [1.165, 1.54) is 5.69 Å². The van der Waals surface area contributed by atoms with Crippen LogP contribution in [0, 0.1) is 0 Å². The fraction of sp³-hybridized carbons (Fsp3) is 0.320. The van der Waals surface area contributed by atoms with E-state index in [9.17, 15) is 9.59 Å². The standard InChI is InChI=1S/C25H29N5O3/c31-24-26-23(27-25(32)33-20-21-8-3-1-4-9-21)12-15-30(24)14-7-13-28-16-18-29(19-17-28)22-10-5-2-6-11-22/h1-6,8-12,15H,7,13-14,16-20H2,(H,26,27,31,32). The molecule has 8 nitrogen and oxygen atoms in total. The molecular formula is C25H29N5O3. The van der Waals surface area contributed by atoms with E-state index in [2.05, 4.69) is 44.4 Å². The molecule has 0 aliphatic carbocycles. The summed E-state index contributed by atoms with van der Waals surface area (Å²) in [7, 11) is 0. The number of hydrogen-bond acceptors (Lipinski definition) is 6. The first kappa shape index (κ1) is 22.5. The van der Waals surface area contributed by atoms with Crippen molar-refractivity contribution in [3.63, 3.8) is 0 Å². The van der Waals surface area contributed by atoms with Crippen molar-refractivity contribution in [1.82, 2.24) is 14.5 Å². The van der Waals surface area contributed by atoms with Gasteiger partial charge in [0.2, 0.25) is 0 Å². The van der Waals surface area contributed by atoms with Crippen molar-refractivity contribution in [2.45, 2.75) is 19.6 Å². The molecule has 33 heavy (non-hydrogen) atoms. The fourth-order valence-electron chi connectivity index (χ4n) is 3.87. The lowest BCUT2D eigenvalue weighted by Crippen LogP contribution is -2.46. The van der Waals surface area contributed by atoms with Crippen molar-refractivity contribution >= 4 is 17.6 Å². The summed E-state index contributed by atoms with van der Waals surface area (Å²) in [5, 5.41) is 2.51. The number of carbonyl (C=O) groups is 1. The molecule has 4 rings (SSSR count). The Morgan fingerprint density at radius 3 is 2.30 bits per heavy atom. The number of hydrogen-bond donors (Lipinski definition) is 1. The normalized spacial score (nSPS) is 14.1. The summed E-state index contributed by atoms with van der Waals surface area (Å²) in [4.78, 5) is 33.1. The van der Waals surface area contributed by atoms with Crippen molar-refractivity contribution in [2.75, 3.05) is 42.9 Å². The van der Waals surface area contributed by atoms with Gasteiger partial charge in [-0.2, -0.15) is 4.98 Å². The summed E-state index contributed by atoms with van der Waals surface area (Å²) in [6.07, 6.45) is 1.88. The van der Waals surface area contributed by atoms with Crippen LogP contribution in [-0.2, 0) is 17.9 Å². The van der Waals surface area contributed by atoms with E-state index >= 15 is 0 Å². The highest BCUT2D eigenvalue weighted by atomic mass is 16.5. The number of anilines is 2. The Morgan fingerprint density at radius 1 is 0.909 bits per heavy atom. The number of nitrogens with zero attached hydrogens (tertiary/aromatic N) is 4. The molecule has 172 valence electrons. The molecule has 0 spiro atoms. The number of amides is 1. The first-order valence-electron chi connectivity index (χ1n) is 11.2. The Hall–Kier alpha value is -3.65. The monoisotopic (exact) mass is 447 g/mol. The van der Waals surface area contributed by atoms with Crippen LogP contribution in [0.5, 0.6) is 0 Å². The van der Waals surface area contributed by atoms with Crippen LogP contribution in [0.1, 0.15) is 12.0 Å². The van der Waals surface area contributed by atoms with Gasteiger partial charge in [-0.1, -0.05) is 48.5 Å². The van der Waals surface area contributed by atoms with Crippen LogP contribution < -0.4 is 15.9 Å². The lowest BCUT2D eigenvalue weighted by atomic mass is 10.2. The van der Waals surface area contributed by atoms with Gasteiger partial charge in [-0.25, -0.2) is 9.59 Å². The molecule has 1 aromatic heterocycles. The molecule has 1 aliphatic heterocycles. The van der Waals surface area contributed by atoms with Crippen LogP contribution in [0.25, 0.3) is 0 Å². The zero-order chi connectivity index (χ0) is 22.9. The number of aromatic nitrogens is 2. The molecule has 0 bridgehead atoms. The van der Waals surface area contributed by atoms with E-state index in [0.717, 1.165) is 44.7 Å². The van der Waals surface area contributed by atoms with Crippen molar-refractivity contribution in [1.29, 1.82) is 0 Å². The van der Waals surface area contributed by atoms with E-state index in [0.29, 0.717) is 6.54 Å². The fourth-order valence-corrected chi connectivity index (χ4v) is 3.87. The highest BCUT2D eigenvalue weighted by molar-refractivity contribution is 5.83. The third kappa shape index (κ3) is 6.66. The summed E-state index contributed by atoms with van der Waals surface area (Å²) >= 11 is 0. The van der Waals surface area contributed by atoms with Crippen LogP contribution in [0.15, 0.2) is 77.7 Å². The minimum atomic E-state index is -0.641. The minimum absolute atomic E-state index is 0.156. The zero-order valence-electron chi connectivity index (χ0n) is 18.6. The highest BCUT2D eigenvalue weighted by Crippen LogP contribution is 2.15. The minimum Gasteiger partial charge on any atom is -0.444 e. The number of nitrogens with one attached hydrogen (secondary N) is 1. The Balaban J connectivity index is 1.18. The molecule has 1 fully saturated rings. The highest BCUT2D eigenvalue weighted by Gasteiger charge is 2.16. The predicted octanol–water partition coefficient (Wildman–Crippen LogP) is 3.20. The van der Waals surface area contributed by atoms with Gasteiger partial charge < -0.3 is 9.64 Å². The molecule has 0 unspecified atom stereocenters. The lowest BCUT2D eigenvalue weighted by molar-refractivity contribution is 0.155. The van der Waals surface area contributed by atoms with Crippen LogP contribution in [0.3, 0.4) is 0 Å². The van der Waals surface area contributed by atoms with Gasteiger partial charge in [-0.05, 0) is 36.7 Å². The third-order valence-corrected chi connectivity index (χ3v) is 5.68. The molecule has 0 radical (unpaired) electrons. The molecule has 0 atom stereocenters. The Morgan fingerprint density at radius 2 is 1.61 bits per heavy atom. The van der Waals surface area contributed by atoms with E-state index in [1.54, 1.807) is 16.8 Å². The van der Waals surface area contributed by atoms with E-state index in [1.807, 2.05) is 36.4 Å².